The van der Waals surface area contributed by atoms with E-state index in [2.05, 4.69) is 5.10 Å². The second kappa shape index (κ2) is 5.33. The lowest BCUT2D eigenvalue weighted by atomic mass is 9.94. The molecule has 0 N–H and O–H groups in total. The highest BCUT2D eigenvalue weighted by molar-refractivity contribution is 5.67. The van der Waals surface area contributed by atoms with Crippen molar-refractivity contribution >= 4 is 0 Å². The molecule has 23 heavy (non-hydrogen) atoms. The number of fused-ring (bicyclic) bond motifs is 1. The van der Waals surface area contributed by atoms with Crippen LogP contribution in [0.25, 0.3) is 16.9 Å². The first kappa shape index (κ1) is 14.2. The van der Waals surface area contributed by atoms with Crippen molar-refractivity contribution < 1.29 is 8.78 Å². The Labute approximate surface area is 133 Å². The van der Waals surface area contributed by atoms with Gasteiger partial charge in [0.2, 0.25) is 0 Å². The highest BCUT2D eigenvalue weighted by Crippen LogP contribution is 2.35. The van der Waals surface area contributed by atoms with E-state index in [4.69, 9.17) is 0 Å². The zero-order valence-corrected chi connectivity index (χ0v) is 12.9. The molecule has 4 rings (SSSR count). The maximum atomic E-state index is 13.6. The number of benzene rings is 1. The third kappa shape index (κ3) is 2.36. The Morgan fingerprint density at radius 2 is 1.78 bits per heavy atom. The van der Waals surface area contributed by atoms with Crippen LogP contribution in [-0.2, 0) is 19.9 Å². The molecule has 0 unspecified atom stereocenters. The lowest BCUT2D eigenvalue weighted by molar-refractivity contribution is 0.580. The Hall–Kier alpha value is -2.43. The van der Waals surface area contributed by atoms with Gasteiger partial charge < -0.3 is 4.57 Å². The molecule has 0 saturated heterocycles. The van der Waals surface area contributed by atoms with Crippen molar-refractivity contribution in [2.75, 3.05) is 0 Å². The summed E-state index contributed by atoms with van der Waals surface area (Å²) in [4.78, 5) is 0. The van der Waals surface area contributed by atoms with Gasteiger partial charge in [0.15, 0.2) is 0 Å². The summed E-state index contributed by atoms with van der Waals surface area (Å²) >= 11 is 0. The molecule has 0 aliphatic heterocycles. The maximum Gasteiger partial charge on any atom is 0.128 e. The molecule has 1 aliphatic carbocycles. The van der Waals surface area contributed by atoms with Gasteiger partial charge >= 0.3 is 0 Å². The molecule has 1 aliphatic rings. The molecule has 3 aromatic rings. The van der Waals surface area contributed by atoms with Crippen molar-refractivity contribution in [1.82, 2.24) is 14.3 Å². The summed E-state index contributed by atoms with van der Waals surface area (Å²) in [7, 11) is 1.91. The normalized spacial score (nSPS) is 14.0. The van der Waals surface area contributed by atoms with Gasteiger partial charge in [-0.25, -0.2) is 8.78 Å². The van der Waals surface area contributed by atoms with Gasteiger partial charge in [0.1, 0.15) is 11.6 Å². The minimum Gasteiger partial charge on any atom is -0.320 e. The molecule has 1 aromatic carbocycles. The first-order valence-electron chi connectivity index (χ1n) is 7.81. The molecule has 5 heteroatoms. The fourth-order valence-electron chi connectivity index (χ4n) is 3.50. The largest absolute Gasteiger partial charge is 0.320 e. The van der Waals surface area contributed by atoms with E-state index in [0.29, 0.717) is 5.69 Å². The first-order valence-corrected chi connectivity index (χ1v) is 7.81. The molecular weight excluding hydrogens is 296 g/mol. The van der Waals surface area contributed by atoms with E-state index >= 15 is 0 Å². The van der Waals surface area contributed by atoms with Gasteiger partial charge in [-0.3, -0.25) is 4.68 Å². The quantitative estimate of drug-likeness (QED) is 0.700. The van der Waals surface area contributed by atoms with E-state index in [1.165, 1.54) is 17.7 Å². The summed E-state index contributed by atoms with van der Waals surface area (Å²) < 4.78 is 31.0. The number of hydrogen-bond donors (Lipinski definition) is 0. The Morgan fingerprint density at radius 1 is 1.04 bits per heavy atom. The average Bonchev–Trinajstić information content (AvgIpc) is 3.09. The summed E-state index contributed by atoms with van der Waals surface area (Å²) in [6, 6.07) is 5.64. The molecule has 2 aromatic heterocycles. The molecule has 0 radical (unpaired) electrons. The predicted octanol–water partition coefficient (Wildman–Crippen LogP) is 4.03. The van der Waals surface area contributed by atoms with Crippen molar-refractivity contribution in [3.8, 4) is 16.9 Å². The van der Waals surface area contributed by atoms with Crippen LogP contribution in [0.4, 0.5) is 8.78 Å². The van der Waals surface area contributed by atoms with Crippen LogP contribution in [0, 0.1) is 11.6 Å². The number of nitrogens with zero attached hydrogens (tertiary/aromatic N) is 3. The van der Waals surface area contributed by atoms with Crippen LogP contribution in [0.15, 0.2) is 36.7 Å². The molecule has 0 saturated carbocycles. The van der Waals surface area contributed by atoms with Crippen LogP contribution in [0.5, 0.6) is 0 Å². The third-order valence-corrected chi connectivity index (χ3v) is 4.54. The number of hydrogen-bond acceptors (Lipinski definition) is 1. The molecule has 118 valence electrons. The summed E-state index contributed by atoms with van der Waals surface area (Å²) in [5, 5.41) is 4.24. The van der Waals surface area contributed by atoms with Crippen LogP contribution in [0.3, 0.4) is 0 Å². The van der Waals surface area contributed by atoms with E-state index < -0.39 is 11.6 Å². The molecule has 0 fully saturated rings. The van der Waals surface area contributed by atoms with Gasteiger partial charge in [0.25, 0.3) is 0 Å². The molecule has 0 atom stereocenters. The van der Waals surface area contributed by atoms with E-state index in [-0.39, 0.29) is 0 Å². The van der Waals surface area contributed by atoms with Crippen molar-refractivity contribution in [3.63, 3.8) is 0 Å². The first-order chi connectivity index (χ1) is 11.1. The number of aromatic nitrogens is 3. The van der Waals surface area contributed by atoms with Crippen molar-refractivity contribution in [1.29, 1.82) is 0 Å². The Morgan fingerprint density at radius 3 is 2.48 bits per heavy atom. The van der Waals surface area contributed by atoms with Gasteiger partial charge in [-0.15, -0.1) is 0 Å². The minimum atomic E-state index is -0.555. The lowest BCUT2D eigenvalue weighted by Crippen LogP contribution is -2.07. The minimum absolute atomic E-state index is 0.536. The fraction of sp³-hybridized carbons (Fsp3) is 0.278. The summed E-state index contributed by atoms with van der Waals surface area (Å²) in [6.07, 6.45) is 7.90. The molecule has 0 amide bonds. The van der Waals surface area contributed by atoms with Gasteiger partial charge in [0.05, 0.1) is 11.4 Å². The van der Waals surface area contributed by atoms with Crippen LogP contribution >= 0.6 is 0 Å². The van der Waals surface area contributed by atoms with E-state index in [1.54, 1.807) is 6.20 Å². The molecule has 3 nitrogen and oxygen atoms in total. The summed E-state index contributed by atoms with van der Waals surface area (Å²) in [6.45, 7) is 0. The maximum absolute atomic E-state index is 13.6. The topological polar surface area (TPSA) is 22.8 Å². The smallest absolute Gasteiger partial charge is 0.128 e. The van der Waals surface area contributed by atoms with Crippen LogP contribution < -0.4 is 0 Å². The second-order valence-electron chi connectivity index (χ2n) is 6.01. The van der Waals surface area contributed by atoms with Crippen LogP contribution in [0.2, 0.25) is 0 Å². The van der Waals surface area contributed by atoms with Gasteiger partial charge in [-0.05, 0) is 49.4 Å². The van der Waals surface area contributed by atoms with Crippen molar-refractivity contribution in [2.24, 2.45) is 7.05 Å². The van der Waals surface area contributed by atoms with Crippen molar-refractivity contribution in [2.45, 2.75) is 25.7 Å². The van der Waals surface area contributed by atoms with Gasteiger partial charge in [-0.2, -0.15) is 5.10 Å². The van der Waals surface area contributed by atoms with E-state index in [1.807, 2.05) is 28.6 Å². The zero-order valence-electron chi connectivity index (χ0n) is 12.9. The molecule has 0 bridgehead atoms. The SMILES string of the molecule is Cn1nccc1-c1cn(-c2cc(F)cc(F)c2)c2c1CCCC2. The lowest BCUT2D eigenvalue weighted by Gasteiger charge is -2.16. The Balaban J connectivity index is 1.94. The number of rotatable bonds is 2. The second-order valence-corrected chi connectivity index (χ2v) is 6.01. The van der Waals surface area contributed by atoms with Crippen LogP contribution in [-0.4, -0.2) is 14.3 Å². The van der Waals surface area contributed by atoms with Gasteiger partial charge in [-0.1, -0.05) is 0 Å². The van der Waals surface area contributed by atoms with E-state index in [0.717, 1.165) is 48.7 Å². The fourth-order valence-corrected chi connectivity index (χ4v) is 3.50. The summed E-state index contributed by atoms with van der Waals surface area (Å²) in [5.41, 5.74) is 5.08. The monoisotopic (exact) mass is 313 g/mol. The Kier molecular flexibility index (Phi) is 3.29. The van der Waals surface area contributed by atoms with Gasteiger partial charge in [0, 0.05) is 36.8 Å². The molecule has 2 heterocycles. The molecule has 0 spiro atoms. The van der Waals surface area contributed by atoms with Crippen LogP contribution in [0.1, 0.15) is 24.1 Å². The standard InChI is InChI=1S/C18H17F2N3/c1-22-17(6-7-21-22)16-11-23(18-5-3-2-4-15(16)18)14-9-12(19)8-13(20)10-14/h6-11H,2-5H2,1H3. The zero-order chi connectivity index (χ0) is 16.0. The van der Waals surface area contributed by atoms with E-state index in [9.17, 15) is 8.78 Å². The highest BCUT2D eigenvalue weighted by Gasteiger charge is 2.22. The Bertz CT molecular complexity index is 856. The van der Waals surface area contributed by atoms with Crippen molar-refractivity contribution in [3.05, 3.63) is 59.6 Å². The average molecular weight is 313 g/mol. The predicted molar refractivity (Wildman–Crippen MR) is 84.5 cm³/mol. The number of halogens is 2. The number of aryl methyl sites for hydroxylation is 1. The highest BCUT2D eigenvalue weighted by atomic mass is 19.1. The summed E-state index contributed by atoms with van der Waals surface area (Å²) in [5.74, 6) is -1.11. The third-order valence-electron chi connectivity index (χ3n) is 4.54. The molecular formula is C18H17F2N3.